The van der Waals surface area contributed by atoms with Crippen LogP contribution in [-0.2, 0) is 0 Å². The van der Waals surface area contributed by atoms with Gasteiger partial charge in [-0.1, -0.05) is 141 Å². The third kappa shape index (κ3) is 5.36. The highest BCUT2D eigenvalue weighted by molar-refractivity contribution is 6.08. The van der Waals surface area contributed by atoms with Crippen molar-refractivity contribution in [1.29, 1.82) is 0 Å². The zero-order valence-corrected chi connectivity index (χ0v) is 23.8. The summed E-state index contributed by atoms with van der Waals surface area (Å²) in [4.78, 5) is 0. The van der Waals surface area contributed by atoms with E-state index in [0.717, 1.165) is 36.0 Å². The molecule has 40 heavy (non-hydrogen) atoms. The first-order valence-corrected chi connectivity index (χ1v) is 14.2. The summed E-state index contributed by atoms with van der Waals surface area (Å²) in [6, 6.07) is 8.82. The van der Waals surface area contributed by atoms with Crippen LogP contribution in [0.2, 0.25) is 0 Å². The molecule has 0 fully saturated rings. The second-order valence-electron chi connectivity index (χ2n) is 10.6. The van der Waals surface area contributed by atoms with Gasteiger partial charge in [0.1, 0.15) is 0 Å². The molecule has 0 radical (unpaired) electrons. The number of benzene rings is 2. The highest BCUT2D eigenvalue weighted by Crippen LogP contribution is 2.44. The molecule has 198 valence electrons. The number of hydrogen-bond acceptors (Lipinski definition) is 0. The van der Waals surface area contributed by atoms with Crippen LogP contribution in [-0.4, -0.2) is 0 Å². The Morgan fingerprint density at radius 3 is 2.30 bits per heavy atom. The molecule has 3 aliphatic rings. The third-order valence-electron chi connectivity index (χ3n) is 8.01. The molecule has 0 nitrogen and oxygen atoms in total. The molecule has 2 aromatic carbocycles. The van der Waals surface area contributed by atoms with Crippen molar-refractivity contribution in [1.82, 2.24) is 0 Å². The van der Waals surface area contributed by atoms with Crippen molar-refractivity contribution in [3.05, 3.63) is 168 Å². The van der Waals surface area contributed by atoms with Gasteiger partial charge in [-0.05, 0) is 94.0 Å². The largest absolute Gasteiger partial charge is 0.0990 e. The third-order valence-corrected chi connectivity index (χ3v) is 8.01. The Balaban J connectivity index is 1.63. The molecule has 0 aromatic heterocycles. The average molecular weight is 519 g/mol. The van der Waals surface area contributed by atoms with Crippen molar-refractivity contribution in [2.45, 2.75) is 33.1 Å². The zero-order valence-electron chi connectivity index (χ0n) is 23.8. The Morgan fingerprint density at radius 2 is 1.62 bits per heavy atom. The van der Waals surface area contributed by atoms with E-state index in [1.165, 1.54) is 49.8 Å². The van der Waals surface area contributed by atoms with Gasteiger partial charge in [-0.2, -0.15) is 0 Å². The van der Waals surface area contributed by atoms with Crippen molar-refractivity contribution in [2.24, 2.45) is 5.92 Å². The number of rotatable bonds is 8. The first-order chi connectivity index (χ1) is 19.6. The normalized spacial score (nSPS) is 19.1. The van der Waals surface area contributed by atoms with Crippen molar-refractivity contribution in [3.8, 4) is 0 Å². The van der Waals surface area contributed by atoms with Gasteiger partial charge in [0.05, 0.1) is 0 Å². The number of fused-ring (bicyclic) bond motifs is 2. The van der Waals surface area contributed by atoms with Crippen LogP contribution in [0.1, 0.15) is 55.4 Å². The minimum absolute atomic E-state index is 0.467. The first-order valence-electron chi connectivity index (χ1n) is 14.2. The van der Waals surface area contributed by atoms with Crippen LogP contribution >= 0.6 is 0 Å². The minimum atomic E-state index is 0.467. The maximum absolute atomic E-state index is 4.28. The van der Waals surface area contributed by atoms with Crippen molar-refractivity contribution in [2.75, 3.05) is 0 Å². The van der Waals surface area contributed by atoms with Gasteiger partial charge < -0.3 is 0 Å². The van der Waals surface area contributed by atoms with Crippen LogP contribution in [0.4, 0.5) is 0 Å². The molecule has 0 bridgehead atoms. The topological polar surface area (TPSA) is 0 Å². The molecular formula is C40H38. The van der Waals surface area contributed by atoms with Crippen LogP contribution < -0.4 is 0 Å². The lowest BCUT2D eigenvalue weighted by Crippen LogP contribution is -2.09. The SMILES string of the molecule is C=C/C=C(\C=C/C)/C=C/C1=CC=C(c2c(C=C)c(C=C)c(C3=CC4=CC=C(C)CC4C=C3)c3ccccc23)CC1. The van der Waals surface area contributed by atoms with Crippen LogP contribution in [0.3, 0.4) is 0 Å². The van der Waals surface area contributed by atoms with Crippen molar-refractivity contribution in [3.63, 3.8) is 0 Å². The molecule has 3 aliphatic carbocycles. The summed E-state index contributed by atoms with van der Waals surface area (Å²) >= 11 is 0. The van der Waals surface area contributed by atoms with E-state index in [4.69, 9.17) is 0 Å². The molecule has 0 amide bonds. The highest BCUT2D eigenvalue weighted by Gasteiger charge is 2.24. The van der Waals surface area contributed by atoms with Gasteiger partial charge >= 0.3 is 0 Å². The Labute approximate surface area is 240 Å². The summed E-state index contributed by atoms with van der Waals surface area (Å²) in [7, 11) is 0. The molecule has 2 aromatic rings. The second-order valence-corrected chi connectivity index (χ2v) is 10.6. The van der Waals surface area contributed by atoms with Crippen LogP contribution in [0, 0.1) is 5.92 Å². The van der Waals surface area contributed by atoms with E-state index in [9.17, 15) is 0 Å². The van der Waals surface area contributed by atoms with Gasteiger partial charge in [-0.15, -0.1) is 0 Å². The van der Waals surface area contributed by atoms with Gasteiger partial charge in [0.25, 0.3) is 0 Å². The Bertz CT molecular complexity index is 1660. The molecule has 5 rings (SSSR count). The fourth-order valence-electron chi connectivity index (χ4n) is 6.09. The number of allylic oxidation sites excluding steroid dienone is 19. The molecule has 0 N–H and O–H groups in total. The highest BCUT2D eigenvalue weighted by atomic mass is 14.3. The summed E-state index contributed by atoms with van der Waals surface area (Å²) < 4.78 is 0. The van der Waals surface area contributed by atoms with Gasteiger partial charge in [-0.3, -0.25) is 0 Å². The van der Waals surface area contributed by atoms with Gasteiger partial charge in [0.15, 0.2) is 0 Å². The van der Waals surface area contributed by atoms with Gasteiger partial charge in [0.2, 0.25) is 0 Å². The first kappa shape index (κ1) is 27.2. The lowest BCUT2D eigenvalue weighted by atomic mass is 9.77. The minimum Gasteiger partial charge on any atom is -0.0990 e. The molecule has 0 aliphatic heterocycles. The fraction of sp³-hybridized carbons (Fsp3) is 0.150. The average Bonchev–Trinajstić information content (AvgIpc) is 2.99. The van der Waals surface area contributed by atoms with E-state index < -0.39 is 0 Å². The predicted octanol–water partition coefficient (Wildman–Crippen LogP) is 11.3. The molecule has 0 saturated carbocycles. The maximum Gasteiger partial charge on any atom is 0.00587 e. The molecule has 1 atom stereocenters. The Kier molecular flexibility index (Phi) is 8.27. The molecular weight excluding hydrogens is 480 g/mol. The Hall–Kier alpha value is -4.42. The maximum atomic E-state index is 4.28. The lowest BCUT2D eigenvalue weighted by molar-refractivity contribution is 0.747. The summed E-state index contributed by atoms with van der Waals surface area (Å²) in [6.45, 7) is 16.7. The van der Waals surface area contributed by atoms with Gasteiger partial charge in [0, 0.05) is 5.92 Å². The molecule has 0 heterocycles. The van der Waals surface area contributed by atoms with Gasteiger partial charge in [-0.25, -0.2) is 0 Å². The zero-order chi connectivity index (χ0) is 28.1. The summed E-state index contributed by atoms with van der Waals surface area (Å²) in [5.74, 6) is 0.467. The van der Waals surface area contributed by atoms with E-state index in [2.05, 4.69) is 118 Å². The molecule has 0 heteroatoms. The monoisotopic (exact) mass is 518 g/mol. The van der Waals surface area contributed by atoms with Crippen LogP contribution in [0.5, 0.6) is 0 Å². The van der Waals surface area contributed by atoms with Crippen LogP contribution in [0.15, 0.2) is 145 Å². The molecule has 1 unspecified atom stereocenters. The smallest absolute Gasteiger partial charge is 0.00587 e. The van der Waals surface area contributed by atoms with E-state index in [1.54, 1.807) is 0 Å². The van der Waals surface area contributed by atoms with Crippen LogP contribution in [0.25, 0.3) is 34.1 Å². The molecule has 0 spiro atoms. The van der Waals surface area contributed by atoms with E-state index in [0.29, 0.717) is 5.92 Å². The predicted molar refractivity (Wildman–Crippen MR) is 179 cm³/mol. The van der Waals surface area contributed by atoms with Crippen molar-refractivity contribution < 1.29 is 0 Å². The number of hydrogen-bond donors (Lipinski definition) is 0. The standard InChI is InChI=1S/C40H38/c1-6-12-29(13-7-2)17-18-30-19-22-31(23-20-30)39-35(8-3)36(9-4)40(38-15-11-10-14-37(38)39)34-25-24-32-26-28(5)16-21-33(32)27-34/h6-19,21-22,24-25,27,32H,1,3-4,20,23,26H2,2,5H3/b13-7-,18-17+,29-12+. The fourth-order valence-corrected chi connectivity index (χ4v) is 6.09. The second kappa shape index (κ2) is 12.2. The quantitative estimate of drug-likeness (QED) is 0.305. The lowest BCUT2D eigenvalue weighted by Gasteiger charge is -2.26. The molecule has 0 saturated heterocycles. The summed E-state index contributed by atoms with van der Waals surface area (Å²) in [5.41, 5.74) is 12.7. The summed E-state index contributed by atoms with van der Waals surface area (Å²) in [5, 5.41) is 2.53. The van der Waals surface area contributed by atoms with E-state index in [1.807, 2.05) is 31.2 Å². The summed E-state index contributed by atoms with van der Waals surface area (Å²) in [6.07, 6.45) is 35.7. The van der Waals surface area contributed by atoms with E-state index >= 15 is 0 Å². The van der Waals surface area contributed by atoms with E-state index in [-0.39, 0.29) is 0 Å². The van der Waals surface area contributed by atoms with Crippen molar-refractivity contribution >= 4 is 34.1 Å². The Morgan fingerprint density at radius 1 is 0.875 bits per heavy atom.